The standard InChI is InChI=1S/C33H40N2O5S/c1-6-15-34(24-14-13-22-11-9-10-12-23(22)18-24)31(38)29-33-21(5)17-26(41-33)27(32(39)40-16-7-2)28(33)30(37)35(29)25(19-36)20(4)8-3/h6-7,9-14,18,20-21,25-29,36H,1-2,8,15-17,19H2,3-5H3/t20-,21?,25-,26-,27+,28-,29?,33?/m0/s1. The van der Waals surface area contributed by atoms with Gasteiger partial charge in [0.1, 0.15) is 12.6 Å². The van der Waals surface area contributed by atoms with E-state index in [1.807, 2.05) is 56.3 Å². The molecule has 3 saturated heterocycles. The number of carbonyl (C=O) groups is 3. The molecular weight excluding hydrogens is 536 g/mol. The van der Waals surface area contributed by atoms with E-state index in [9.17, 15) is 19.5 Å². The van der Waals surface area contributed by atoms with Crippen LogP contribution in [-0.2, 0) is 19.1 Å². The molecule has 218 valence electrons. The van der Waals surface area contributed by atoms with E-state index in [-0.39, 0.29) is 48.7 Å². The van der Waals surface area contributed by atoms with Gasteiger partial charge in [0, 0.05) is 17.5 Å². The number of hydrogen-bond acceptors (Lipinski definition) is 6. The quantitative estimate of drug-likeness (QED) is 0.305. The smallest absolute Gasteiger partial charge is 0.311 e. The van der Waals surface area contributed by atoms with Crippen molar-refractivity contribution in [3.8, 4) is 0 Å². The molecule has 8 heteroatoms. The van der Waals surface area contributed by atoms with Crippen molar-refractivity contribution in [2.45, 2.75) is 55.7 Å². The van der Waals surface area contributed by atoms with Crippen LogP contribution in [0, 0.1) is 23.7 Å². The van der Waals surface area contributed by atoms with Gasteiger partial charge in [0.2, 0.25) is 5.91 Å². The average Bonchev–Trinajstić information content (AvgIpc) is 3.58. The minimum Gasteiger partial charge on any atom is -0.461 e. The highest BCUT2D eigenvalue weighted by Gasteiger charge is 2.77. The Balaban J connectivity index is 1.64. The molecule has 3 aliphatic rings. The summed E-state index contributed by atoms with van der Waals surface area (Å²) in [6.07, 6.45) is 4.65. The molecule has 8 atom stereocenters. The summed E-state index contributed by atoms with van der Waals surface area (Å²) >= 11 is 1.61. The van der Waals surface area contributed by atoms with Gasteiger partial charge in [-0.15, -0.1) is 18.3 Å². The predicted molar refractivity (Wildman–Crippen MR) is 163 cm³/mol. The third-order valence-electron chi connectivity index (χ3n) is 9.50. The third kappa shape index (κ3) is 4.59. The predicted octanol–water partition coefficient (Wildman–Crippen LogP) is 4.83. The maximum atomic E-state index is 14.9. The van der Waals surface area contributed by atoms with E-state index >= 15 is 0 Å². The van der Waals surface area contributed by atoms with Gasteiger partial charge in [0.15, 0.2) is 0 Å². The number of aliphatic hydroxyl groups is 1. The minimum absolute atomic E-state index is 0.00677. The van der Waals surface area contributed by atoms with Crippen LogP contribution in [0.3, 0.4) is 0 Å². The second-order valence-electron chi connectivity index (χ2n) is 11.6. The van der Waals surface area contributed by atoms with Crippen molar-refractivity contribution >= 4 is 46.0 Å². The van der Waals surface area contributed by atoms with E-state index in [0.717, 1.165) is 22.9 Å². The van der Waals surface area contributed by atoms with Crippen LogP contribution in [0.2, 0.25) is 0 Å². The van der Waals surface area contributed by atoms with Crippen LogP contribution in [-0.4, -0.2) is 69.6 Å². The number of thioether (sulfide) groups is 1. The first-order valence-electron chi connectivity index (χ1n) is 14.5. The van der Waals surface area contributed by atoms with Gasteiger partial charge < -0.3 is 19.6 Å². The monoisotopic (exact) mass is 576 g/mol. The van der Waals surface area contributed by atoms with Gasteiger partial charge in [-0.1, -0.05) is 76.3 Å². The van der Waals surface area contributed by atoms with Crippen LogP contribution in [0.5, 0.6) is 0 Å². The van der Waals surface area contributed by atoms with Gasteiger partial charge in [-0.05, 0) is 41.2 Å². The summed E-state index contributed by atoms with van der Waals surface area (Å²) in [6.45, 7) is 13.7. The molecule has 1 N–H and O–H groups in total. The Morgan fingerprint density at radius 3 is 2.61 bits per heavy atom. The number of fused-ring (bicyclic) bond motifs is 2. The summed E-state index contributed by atoms with van der Waals surface area (Å²) in [6, 6.07) is 12.5. The number of nitrogens with zero attached hydrogens (tertiary/aromatic N) is 2. The lowest BCUT2D eigenvalue weighted by Gasteiger charge is -2.43. The van der Waals surface area contributed by atoms with Crippen LogP contribution in [0.25, 0.3) is 10.8 Å². The van der Waals surface area contributed by atoms with E-state index in [4.69, 9.17) is 4.74 Å². The Labute approximate surface area is 246 Å². The number of carbonyl (C=O) groups excluding carboxylic acids is 3. The van der Waals surface area contributed by atoms with Crippen LogP contribution >= 0.6 is 11.8 Å². The van der Waals surface area contributed by atoms with Crippen LogP contribution in [0.15, 0.2) is 67.8 Å². The summed E-state index contributed by atoms with van der Waals surface area (Å²) in [4.78, 5) is 46.2. The van der Waals surface area contributed by atoms with Gasteiger partial charge in [-0.25, -0.2) is 0 Å². The molecular formula is C33H40N2O5S. The van der Waals surface area contributed by atoms with Gasteiger partial charge in [0.05, 0.1) is 29.2 Å². The SMILES string of the molecule is C=CCOC(=O)[C@@H]1[C@@H]2CC(C)C3(S2)C(C(=O)N(CC=C)c2ccc4ccccc4c2)N([C@@H](CO)[C@@H](C)CC)C(=O)[C@H]13. The van der Waals surface area contributed by atoms with Crippen LogP contribution in [0.1, 0.15) is 33.6 Å². The van der Waals surface area contributed by atoms with Crippen molar-refractivity contribution in [2.24, 2.45) is 23.7 Å². The van der Waals surface area contributed by atoms with E-state index < -0.39 is 34.6 Å². The maximum Gasteiger partial charge on any atom is 0.311 e. The molecule has 5 rings (SSSR count). The highest BCUT2D eigenvalue weighted by atomic mass is 32.2. The molecule has 2 amide bonds. The summed E-state index contributed by atoms with van der Waals surface area (Å²) in [7, 11) is 0. The molecule has 0 saturated carbocycles. The molecule has 3 aliphatic heterocycles. The normalized spacial score (nSPS) is 29.7. The summed E-state index contributed by atoms with van der Waals surface area (Å²) in [5.74, 6) is -2.25. The highest BCUT2D eigenvalue weighted by molar-refractivity contribution is 8.02. The fourth-order valence-corrected chi connectivity index (χ4v) is 9.75. The number of hydrogen-bond donors (Lipinski definition) is 1. The zero-order valence-electron chi connectivity index (χ0n) is 24.1. The topological polar surface area (TPSA) is 87.2 Å². The zero-order chi connectivity index (χ0) is 29.5. The van der Waals surface area contributed by atoms with Gasteiger partial charge in [-0.3, -0.25) is 14.4 Å². The van der Waals surface area contributed by atoms with Crippen molar-refractivity contribution in [2.75, 3.05) is 24.7 Å². The fourth-order valence-electron chi connectivity index (χ4n) is 7.36. The van der Waals surface area contributed by atoms with Crippen molar-refractivity contribution in [3.05, 3.63) is 67.8 Å². The largest absolute Gasteiger partial charge is 0.461 e. The average molecular weight is 577 g/mol. The number of amides is 2. The highest BCUT2D eigenvalue weighted by Crippen LogP contribution is 2.69. The summed E-state index contributed by atoms with van der Waals surface area (Å²) in [5, 5.41) is 12.6. The van der Waals surface area contributed by atoms with Crippen molar-refractivity contribution in [1.29, 1.82) is 0 Å². The van der Waals surface area contributed by atoms with E-state index in [1.165, 1.54) is 6.08 Å². The Morgan fingerprint density at radius 1 is 1.22 bits per heavy atom. The minimum atomic E-state index is -0.847. The Hall–Kier alpha value is -3.10. The number of anilines is 1. The number of esters is 1. The fraction of sp³-hybridized carbons (Fsp3) is 0.485. The molecule has 2 aromatic carbocycles. The molecule has 3 heterocycles. The summed E-state index contributed by atoms with van der Waals surface area (Å²) in [5.41, 5.74) is 0.720. The van der Waals surface area contributed by atoms with E-state index in [0.29, 0.717) is 6.42 Å². The maximum absolute atomic E-state index is 14.9. The van der Waals surface area contributed by atoms with Gasteiger partial charge in [-0.2, -0.15) is 0 Å². The lowest BCUT2D eigenvalue weighted by Crippen LogP contribution is -2.60. The number of benzene rings is 2. The van der Waals surface area contributed by atoms with Crippen molar-refractivity contribution in [1.82, 2.24) is 4.90 Å². The Morgan fingerprint density at radius 2 is 1.95 bits per heavy atom. The first-order valence-corrected chi connectivity index (χ1v) is 15.4. The van der Waals surface area contributed by atoms with Gasteiger partial charge in [0.25, 0.3) is 5.91 Å². The number of likely N-dealkylation sites (tertiary alicyclic amines) is 1. The van der Waals surface area contributed by atoms with Gasteiger partial charge >= 0.3 is 5.97 Å². The molecule has 0 aliphatic carbocycles. The molecule has 2 aromatic rings. The molecule has 3 unspecified atom stereocenters. The molecule has 3 fully saturated rings. The second kappa shape index (κ2) is 11.6. The molecule has 41 heavy (non-hydrogen) atoms. The number of ether oxygens (including phenoxy) is 1. The van der Waals surface area contributed by atoms with Crippen LogP contribution < -0.4 is 4.90 Å². The second-order valence-corrected chi connectivity index (χ2v) is 13.2. The molecule has 1 spiro atoms. The van der Waals surface area contributed by atoms with E-state index in [1.54, 1.807) is 27.6 Å². The Kier molecular flexibility index (Phi) is 8.35. The first kappa shape index (κ1) is 29.4. The summed E-state index contributed by atoms with van der Waals surface area (Å²) < 4.78 is 4.69. The lowest BCUT2D eigenvalue weighted by molar-refractivity contribution is -0.154. The number of rotatable bonds is 11. The molecule has 0 radical (unpaired) electrons. The molecule has 2 bridgehead atoms. The van der Waals surface area contributed by atoms with E-state index in [2.05, 4.69) is 20.1 Å². The molecule has 7 nitrogen and oxygen atoms in total. The zero-order valence-corrected chi connectivity index (χ0v) is 24.9. The third-order valence-corrected chi connectivity index (χ3v) is 11.6. The lowest BCUT2D eigenvalue weighted by atomic mass is 9.66. The Bertz CT molecular complexity index is 1360. The molecule has 0 aromatic heterocycles. The van der Waals surface area contributed by atoms with Crippen molar-refractivity contribution in [3.63, 3.8) is 0 Å². The van der Waals surface area contributed by atoms with Crippen LogP contribution in [0.4, 0.5) is 5.69 Å². The van der Waals surface area contributed by atoms with Crippen molar-refractivity contribution < 1.29 is 24.2 Å². The first-order chi connectivity index (χ1) is 19.7. The number of aliphatic hydroxyl groups excluding tert-OH is 1.